The molecule has 1 saturated carbocycles. The summed E-state index contributed by atoms with van der Waals surface area (Å²) < 4.78 is 49.9. The summed E-state index contributed by atoms with van der Waals surface area (Å²) in [5.74, 6) is 0.113. The second-order valence-electron chi connectivity index (χ2n) is 11.9. The topological polar surface area (TPSA) is 136 Å². The van der Waals surface area contributed by atoms with Crippen LogP contribution >= 0.6 is 0 Å². The van der Waals surface area contributed by atoms with Crippen LogP contribution in [0.5, 0.6) is 0 Å². The highest BCUT2D eigenvalue weighted by molar-refractivity contribution is 7.91. The van der Waals surface area contributed by atoms with Crippen molar-refractivity contribution in [3.63, 3.8) is 0 Å². The molecule has 1 spiro atoms. The minimum absolute atomic E-state index is 0.00624. The van der Waals surface area contributed by atoms with Crippen molar-refractivity contribution >= 4 is 9.84 Å². The Morgan fingerprint density at radius 3 is 2.70 bits per heavy atom. The molecule has 3 unspecified atom stereocenters. The number of benzene rings is 1. The Balaban J connectivity index is 1.11. The number of fused-ring (bicyclic) bond motifs is 2. The van der Waals surface area contributed by atoms with Crippen molar-refractivity contribution in [2.45, 2.75) is 86.9 Å². The van der Waals surface area contributed by atoms with E-state index in [1.807, 2.05) is 11.8 Å². The van der Waals surface area contributed by atoms with Crippen molar-refractivity contribution in [2.24, 2.45) is 23.7 Å². The van der Waals surface area contributed by atoms with Crippen molar-refractivity contribution in [2.75, 3.05) is 20.2 Å². The van der Waals surface area contributed by atoms with Gasteiger partial charge in [-0.25, -0.2) is 18.2 Å². The van der Waals surface area contributed by atoms with Crippen LogP contribution < -0.4 is 4.90 Å². The third kappa shape index (κ3) is 4.55. The summed E-state index contributed by atoms with van der Waals surface area (Å²) in [6.45, 7) is 7.11. The van der Waals surface area contributed by atoms with Gasteiger partial charge in [0, 0.05) is 30.0 Å². The summed E-state index contributed by atoms with van der Waals surface area (Å²) in [5, 5.41) is 15.5. The number of nitrogens with zero attached hydrogens (tertiary/aromatic N) is 3. The fourth-order valence-electron chi connectivity index (χ4n) is 7.05. The third-order valence-electron chi connectivity index (χ3n) is 9.22. The Morgan fingerprint density at radius 2 is 1.93 bits per heavy atom. The predicted octanol–water partition coefficient (Wildman–Crippen LogP) is 2.80. The van der Waals surface area contributed by atoms with E-state index < -0.39 is 38.8 Å². The number of likely N-dealkylation sites (N-methyl/N-ethyl adjacent to an activating group) is 1. The second kappa shape index (κ2) is 10.3. The van der Waals surface area contributed by atoms with E-state index in [1.165, 1.54) is 12.1 Å². The molecule has 220 valence electrons. The Labute approximate surface area is 233 Å². The molecule has 40 heavy (non-hydrogen) atoms. The molecule has 5 aliphatic rings. The Bertz CT molecular complexity index is 1320. The zero-order valence-electron chi connectivity index (χ0n) is 23.2. The van der Waals surface area contributed by atoms with Crippen LogP contribution in [-0.2, 0) is 40.4 Å². The fraction of sp³-hybridized carbons (Fsp3) is 0.704. The number of sulfone groups is 1. The predicted molar refractivity (Wildman–Crippen MR) is 136 cm³/mol. The first kappa shape index (κ1) is 28.0. The summed E-state index contributed by atoms with van der Waals surface area (Å²) in [6.07, 6.45) is 2.70. The molecular weight excluding hydrogens is 542 g/mol. The highest BCUT2D eigenvalue weighted by Gasteiger charge is 2.69. The van der Waals surface area contributed by atoms with E-state index in [0.29, 0.717) is 19.1 Å². The molecule has 2 bridgehead atoms. The number of hydrogen-bond acceptors (Lipinski definition) is 11. The Kier molecular flexibility index (Phi) is 7.21. The summed E-state index contributed by atoms with van der Waals surface area (Å²) in [5.41, 5.74) is -0.619. The van der Waals surface area contributed by atoms with Gasteiger partial charge in [0.05, 0.1) is 18.0 Å². The number of rotatable bonds is 8. The maximum Gasteiger partial charge on any atom is 0.318 e. The van der Waals surface area contributed by atoms with Crippen LogP contribution in [0.25, 0.3) is 0 Å². The van der Waals surface area contributed by atoms with E-state index in [9.17, 15) is 13.6 Å². The maximum atomic E-state index is 13.1. The molecule has 5 fully saturated rings. The second-order valence-corrected chi connectivity index (χ2v) is 13.7. The third-order valence-corrected chi connectivity index (χ3v) is 11.0. The molecule has 2 aromatic rings. The van der Waals surface area contributed by atoms with E-state index >= 15 is 0 Å². The smallest absolute Gasteiger partial charge is 0.318 e. The van der Waals surface area contributed by atoms with E-state index in [1.54, 1.807) is 25.2 Å². The van der Waals surface area contributed by atoms with Gasteiger partial charge in [-0.2, -0.15) is 0 Å². The Hall–Kier alpha value is -2.13. The minimum Gasteiger partial charge on any atom is -0.358 e. The van der Waals surface area contributed by atoms with Crippen LogP contribution in [0.4, 0.5) is 0 Å². The first-order valence-corrected chi connectivity index (χ1v) is 15.4. The number of hydrogen-bond donors (Lipinski definition) is 0. The van der Waals surface area contributed by atoms with Crippen LogP contribution in [0.1, 0.15) is 52.1 Å². The lowest BCUT2D eigenvalue weighted by atomic mass is 9.58. The lowest BCUT2D eigenvalue weighted by Crippen LogP contribution is -2.70. The van der Waals surface area contributed by atoms with E-state index in [2.05, 4.69) is 23.6 Å². The largest absolute Gasteiger partial charge is 0.358 e. The van der Waals surface area contributed by atoms with Crippen LogP contribution in [0.2, 0.25) is 0 Å². The molecule has 12 nitrogen and oxygen atoms in total. The normalized spacial score (nSPS) is 37.3. The molecule has 0 N–H and O–H groups in total. The molecule has 1 aromatic carbocycles. The molecule has 7 rings (SSSR count). The number of aromatic nitrogens is 2. The summed E-state index contributed by atoms with van der Waals surface area (Å²) in [4.78, 5) is 13.8. The van der Waals surface area contributed by atoms with Crippen LogP contribution in [0, 0.1) is 28.9 Å². The van der Waals surface area contributed by atoms with Crippen LogP contribution in [-0.4, -0.2) is 62.6 Å². The standard InChI is InChI=1S/C27H37N3O9S/c1-17-10-11-21-18(2)24(35-25-27(21)20(17)12-13-26(3,36-25)37-38-27)34-15-14-29(4)16-22-23(30(31)39-28-22)40(32,33)19-8-6-5-7-9-19/h5-9,17-18,20-21,24-25H,10-16H2,1-4H3/t17-,18-,20?,21?,24+,25?,26+,27-/m1/s1. The van der Waals surface area contributed by atoms with Gasteiger partial charge in [-0.1, -0.05) is 32.0 Å². The first-order chi connectivity index (χ1) is 19.0. The van der Waals surface area contributed by atoms with E-state index in [4.69, 9.17) is 24.0 Å². The molecule has 0 radical (unpaired) electrons. The molecule has 4 aliphatic heterocycles. The highest BCUT2D eigenvalue weighted by atomic mass is 32.2. The summed E-state index contributed by atoms with van der Waals surface area (Å²) >= 11 is 0. The van der Waals surface area contributed by atoms with Crippen molar-refractivity contribution in [3.05, 3.63) is 41.2 Å². The van der Waals surface area contributed by atoms with Crippen LogP contribution in [0.15, 0.2) is 44.9 Å². The van der Waals surface area contributed by atoms with Gasteiger partial charge in [-0.05, 0) is 62.1 Å². The number of ether oxygens (including phenoxy) is 3. The van der Waals surface area contributed by atoms with Crippen molar-refractivity contribution in [3.8, 4) is 0 Å². The highest BCUT2D eigenvalue weighted by Crippen LogP contribution is 2.60. The minimum atomic E-state index is -4.10. The zero-order valence-corrected chi connectivity index (χ0v) is 24.0. The first-order valence-electron chi connectivity index (χ1n) is 13.9. The molecular formula is C27H37N3O9S. The van der Waals surface area contributed by atoms with Gasteiger partial charge in [-0.15, -0.1) is 0 Å². The molecule has 1 aromatic heterocycles. The lowest BCUT2D eigenvalue weighted by Gasteiger charge is -2.60. The SMILES string of the molecule is C[C@@H]1CCC2[C@@H](C)[C@@H](OCCN(C)Cc3no[n+]([O-])c3S(=O)(=O)c3ccccc3)OC3O[C@]4(C)CCC1[C@]32OO4. The van der Waals surface area contributed by atoms with E-state index in [-0.39, 0.29) is 39.8 Å². The zero-order chi connectivity index (χ0) is 28.3. The van der Waals surface area contributed by atoms with Crippen molar-refractivity contribution in [1.82, 2.24) is 10.1 Å². The summed E-state index contributed by atoms with van der Waals surface area (Å²) in [6, 6.07) is 7.73. The van der Waals surface area contributed by atoms with Gasteiger partial charge in [0.15, 0.2) is 18.2 Å². The van der Waals surface area contributed by atoms with Gasteiger partial charge in [0.2, 0.25) is 5.79 Å². The quantitative estimate of drug-likeness (QED) is 0.337. The van der Waals surface area contributed by atoms with Gasteiger partial charge in [0.25, 0.3) is 15.5 Å². The average molecular weight is 580 g/mol. The molecule has 0 amide bonds. The molecule has 4 saturated heterocycles. The van der Waals surface area contributed by atoms with Crippen LogP contribution in [0.3, 0.4) is 0 Å². The van der Waals surface area contributed by atoms with Crippen molar-refractivity contribution < 1.29 is 41.9 Å². The van der Waals surface area contributed by atoms with Gasteiger partial charge in [-0.3, -0.25) is 9.53 Å². The summed E-state index contributed by atoms with van der Waals surface area (Å²) in [7, 11) is -2.31. The van der Waals surface area contributed by atoms with Crippen molar-refractivity contribution in [1.29, 1.82) is 0 Å². The fourth-order valence-corrected chi connectivity index (χ4v) is 8.43. The van der Waals surface area contributed by atoms with Gasteiger partial charge < -0.3 is 19.4 Å². The molecule has 8 atom stereocenters. The average Bonchev–Trinajstić information content (AvgIpc) is 3.14. The van der Waals surface area contributed by atoms with E-state index in [0.717, 1.165) is 25.7 Å². The molecule has 1 aliphatic carbocycles. The Morgan fingerprint density at radius 1 is 1.15 bits per heavy atom. The lowest BCUT2D eigenvalue weighted by molar-refractivity contribution is -0.832. The molecule has 5 heterocycles. The van der Waals surface area contributed by atoms with Gasteiger partial charge >= 0.3 is 5.03 Å². The monoisotopic (exact) mass is 579 g/mol. The maximum absolute atomic E-state index is 13.1. The molecule has 13 heteroatoms. The van der Waals surface area contributed by atoms with Gasteiger partial charge in [0.1, 0.15) is 0 Å².